The highest BCUT2D eigenvalue weighted by Crippen LogP contribution is 2.24. The van der Waals surface area contributed by atoms with Crippen molar-refractivity contribution in [3.05, 3.63) is 77.0 Å². The molecule has 1 aromatic carbocycles. The summed E-state index contributed by atoms with van der Waals surface area (Å²) in [4.78, 5) is 4.38. The van der Waals surface area contributed by atoms with Gasteiger partial charge in [0, 0.05) is 23.0 Å². The van der Waals surface area contributed by atoms with Crippen LogP contribution in [0.1, 0.15) is 12.5 Å². The Bertz CT molecular complexity index is 724. The van der Waals surface area contributed by atoms with Crippen LogP contribution >= 0.6 is 11.6 Å². The fourth-order valence-electron chi connectivity index (χ4n) is 1.91. The Labute approximate surface area is 141 Å². The largest absolute Gasteiger partial charge is 0.384 e. The van der Waals surface area contributed by atoms with Crippen LogP contribution in [-0.4, -0.2) is 18.6 Å². The van der Waals surface area contributed by atoms with E-state index in [0.29, 0.717) is 17.4 Å². The first-order chi connectivity index (χ1) is 11.2. The highest BCUT2D eigenvalue weighted by atomic mass is 35.5. The van der Waals surface area contributed by atoms with Crippen molar-refractivity contribution >= 4 is 29.2 Å². The quantitative estimate of drug-likeness (QED) is 0.826. The Balaban J connectivity index is 2.40. The van der Waals surface area contributed by atoms with Crippen LogP contribution in [0.4, 0.5) is 0 Å². The molecule has 1 heterocycles. The van der Waals surface area contributed by atoms with Crippen LogP contribution in [0.3, 0.4) is 0 Å². The molecule has 0 saturated carbocycles. The van der Waals surface area contributed by atoms with E-state index < -0.39 is 0 Å². The topological polar surface area (TPSA) is 62.8 Å². The average molecular weight is 327 g/mol. The first kappa shape index (κ1) is 16.8. The zero-order chi connectivity index (χ0) is 16.5. The molecule has 0 unspecified atom stereocenters. The van der Waals surface area contributed by atoms with Gasteiger partial charge in [-0.1, -0.05) is 47.5 Å². The molecule has 1 aromatic rings. The summed E-state index contributed by atoms with van der Waals surface area (Å²) in [5.74, 6) is 0.446. The molecule has 23 heavy (non-hydrogen) atoms. The van der Waals surface area contributed by atoms with Crippen molar-refractivity contribution in [2.75, 3.05) is 6.54 Å². The van der Waals surface area contributed by atoms with Gasteiger partial charge in [-0.15, -0.1) is 0 Å². The number of nitrogens with one attached hydrogen (secondary N) is 1. The molecular weight excluding hydrogens is 308 g/mol. The summed E-state index contributed by atoms with van der Waals surface area (Å²) in [5.41, 5.74) is 11.7. The lowest BCUT2D eigenvalue weighted by Gasteiger charge is -2.06. The van der Waals surface area contributed by atoms with Crippen molar-refractivity contribution in [3.63, 3.8) is 0 Å². The van der Waals surface area contributed by atoms with E-state index in [1.165, 1.54) is 0 Å². The van der Waals surface area contributed by atoms with Crippen molar-refractivity contribution in [1.29, 1.82) is 0 Å². The number of rotatable bonds is 1. The van der Waals surface area contributed by atoms with E-state index in [1.807, 2.05) is 55.5 Å². The lowest BCUT2D eigenvalue weighted by atomic mass is 10.1. The minimum Gasteiger partial charge on any atom is -0.384 e. The van der Waals surface area contributed by atoms with Crippen molar-refractivity contribution < 1.29 is 0 Å². The van der Waals surface area contributed by atoms with Crippen LogP contribution in [0.5, 0.6) is 0 Å². The number of hydrogen-bond acceptors (Lipinski definition) is 4. The van der Waals surface area contributed by atoms with E-state index >= 15 is 0 Å². The molecule has 0 aromatic heterocycles. The van der Waals surface area contributed by atoms with Crippen molar-refractivity contribution in [2.45, 2.75) is 6.92 Å². The molecule has 0 spiro atoms. The van der Waals surface area contributed by atoms with Crippen LogP contribution in [0, 0.1) is 0 Å². The third-order valence-electron chi connectivity index (χ3n) is 3.06. The number of nitrogens with zero attached hydrogens (tertiary/aromatic N) is 2. The zero-order valence-electron chi connectivity index (χ0n) is 12.9. The lowest BCUT2D eigenvalue weighted by Crippen LogP contribution is -2.10. The monoisotopic (exact) mass is 326 g/mol. The van der Waals surface area contributed by atoms with Gasteiger partial charge >= 0.3 is 0 Å². The van der Waals surface area contributed by atoms with Gasteiger partial charge in [0.25, 0.3) is 0 Å². The number of halogens is 1. The van der Waals surface area contributed by atoms with Crippen molar-refractivity contribution in [1.82, 2.24) is 5.43 Å². The molecule has 0 bridgehead atoms. The van der Waals surface area contributed by atoms with Crippen molar-refractivity contribution in [2.24, 2.45) is 15.8 Å². The van der Waals surface area contributed by atoms with Gasteiger partial charge in [0.1, 0.15) is 5.84 Å². The molecule has 5 heteroatoms. The number of nitrogens with two attached hydrogens (primary N) is 1. The second kappa shape index (κ2) is 8.76. The first-order valence-electron chi connectivity index (χ1n) is 7.21. The minimum absolute atomic E-state index is 0.446. The molecule has 118 valence electrons. The fraction of sp³-hybridized carbons (Fsp3) is 0.111. The summed E-state index contributed by atoms with van der Waals surface area (Å²) in [7, 11) is 0. The number of hydrogen-bond donors (Lipinski definition) is 2. The van der Waals surface area contributed by atoms with Crippen LogP contribution < -0.4 is 11.2 Å². The van der Waals surface area contributed by atoms with Gasteiger partial charge in [-0.3, -0.25) is 10.4 Å². The minimum atomic E-state index is 0.446. The number of aliphatic imine (C=N–C) groups is 1. The van der Waals surface area contributed by atoms with E-state index in [9.17, 15) is 0 Å². The van der Waals surface area contributed by atoms with Gasteiger partial charge < -0.3 is 5.73 Å². The Morgan fingerprint density at radius 3 is 2.87 bits per heavy atom. The first-order valence-corrected chi connectivity index (χ1v) is 7.58. The van der Waals surface area contributed by atoms with Gasteiger partial charge in [-0.05, 0) is 36.8 Å². The number of hydrazone groups is 1. The van der Waals surface area contributed by atoms with E-state index in [4.69, 9.17) is 17.3 Å². The standard InChI is InChI=1S/C18H19ClN4/c1-14-6-4-5-10-22-23-11-9-15(12-18(20)21-13-14)16-7-2-3-8-17(16)19/h2-12,23H,13H2,1H3,(H2,20,21)/b5-4+,11-9-,14-6-,15-12+,22-10+. The van der Waals surface area contributed by atoms with E-state index in [2.05, 4.69) is 15.5 Å². The zero-order valence-corrected chi connectivity index (χ0v) is 13.7. The summed E-state index contributed by atoms with van der Waals surface area (Å²) < 4.78 is 0. The number of amidine groups is 1. The van der Waals surface area contributed by atoms with Gasteiger partial charge in [0.15, 0.2) is 0 Å². The molecule has 0 fully saturated rings. The Morgan fingerprint density at radius 1 is 1.22 bits per heavy atom. The van der Waals surface area contributed by atoms with Gasteiger partial charge in [-0.2, -0.15) is 5.10 Å². The van der Waals surface area contributed by atoms with E-state index in [-0.39, 0.29) is 0 Å². The van der Waals surface area contributed by atoms with Crippen LogP contribution in [0.25, 0.3) is 5.57 Å². The smallest absolute Gasteiger partial charge is 0.119 e. The van der Waals surface area contributed by atoms with Crippen molar-refractivity contribution in [3.8, 4) is 0 Å². The Hall–Kier alpha value is -2.59. The second-order valence-corrected chi connectivity index (χ2v) is 5.37. The summed E-state index contributed by atoms with van der Waals surface area (Å²) in [5, 5.41) is 4.71. The van der Waals surface area contributed by atoms with E-state index in [0.717, 1.165) is 16.7 Å². The van der Waals surface area contributed by atoms with Gasteiger partial charge in [0.2, 0.25) is 0 Å². The Kier molecular flexibility index (Phi) is 6.39. The molecule has 1 aliphatic rings. The molecular formula is C18H19ClN4. The molecule has 0 saturated heterocycles. The summed E-state index contributed by atoms with van der Waals surface area (Å²) in [6.07, 6.45) is 12.8. The molecule has 2 rings (SSSR count). The predicted octanol–water partition coefficient (Wildman–Crippen LogP) is 3.69. The maximum atomic E-state index is 6.28. The summed E-state index contributed by atoms with van der Waals surface area (Å²) in [6, 6.07) is 7.59. The van der Waals surface area contributed by atoms with E-state index in [1.54, 1.807) is 18.5 Å². The lowest BCUT2D eigenvalue weighted by molar-refractivity contribution is 0.977. The normalized spacial score (nSPS) is 24.7. The highest BCUT2D eigenvalue weighted by molar-refractivity contribution is 6.32. The third kappa shape index (κ3) is 5.60. The molecule has 0 aliphatic carbocycles. The third-order valence-corrected chi connectivity index (χ3v) is 3.39. The second-order valence-electron chi connectivity index (χ2n) is 4.96. The molecule has 0 amide bonds. The summed E-state index contributed by atoms with van der Waals surface area (Å²) >= 11 is 6.28. The fourth-order valence-corrected chi connectivity index (χ4v) is 2.16. The van der Waals surface area contributed by atoms with Crippen LogP contribution in [-0.2, 0) is 0 Å². The predicted molar refractivity (Wildman–Crippen MR) is 99.6 cm³/mol. The molecule has 3 N–H and O–H groups in total. The maximum Gasteiger partial charge on any atom is 0.119 e. The summed E-state index contributed by atoms with van der Waals surface area (Å²) in [6.45, 7) is 2.54. The van der Waals surface area contributed by atoms with Crippen LogP contribution in [0.15, 0.2) is 76.5 Å². The molecule has 1 aliphatic heterocycles. The SMILES string of the molecule is C/C1=C/C=C/C=N/N/C=C\C(c2ccccc2Cl)=C/C(N)=NC1. The number of allylic oxidation sites excluding steroid dienone is 5. The average Bonchev–Trinajstić information content (AvgIpc) is 2.54. The molecule has 0 radical (unpaired) electrons. The number of benzene rings is 1. The van der Waals surface area contributed by atoms with Gasteiger partial charge in [-0.25, -0.2) is 0 Å². The molecule has 4 nitrogen and oxygen atoms in total. The Morgan fingerprint density at radius 2 is 2.04 bits per heavy atom. The van der Waals surface area contributed by atoms with Crippen LogP contribution in [0.2, 0.25) is 5.02 Å². The maximum absolute atomic E-state index is 6.28. The molecule has 0 atom stereocenters. The van der Waals surface area contributed by atoms with Gasteiger partial charge in [0.05, 0.1) is 6.54 Å². The highest BCUT2D eigenvalue weighted by Gasteiger charge is 2.04.